The van der Waals surface area contributed by atoms with Crippen molar-refractivity contribution >= 4 is 22.7 Å². The molecular formula is C13H17N3O2. The number of nitrogens with zero attached hydrogens (tertiary/aromatic N) is 2. The van der Waals surface area contributed by atoms with E-state index in [1.165, 1.54) is 0 Å². The highest BCUT2D eigenvalue weighted by atomic mass is 16.4. The lowest BCUT2D eigenvalue weighted by Crippen LogP contribution is -2.18. The molecule has 1 aromatic carbocycles. The van der Waals surface area contributed by atoms with E-state index in [4.69, 9.17) is 5.11 Å². The summed E-state index contributed by atoms with van der Waals surface area (Å²) in [6.45, 7) is 0.854. The second-order valence-corrected chi connectivity index (χ2v) is 4.38. The molecule has 5 nitrogen and oxygen atoms in total. The van der Waals surface area contributed by atoms with Crippen molar-refractivity contribution in [2.24, 2.45) is 0 Å². The lowest BCUT2D eigenvalue weighted by Gasteiger charge is -2.18. The first-order valence-electron chi connectivity index (χ1n) is 6.03. The van der Waals surface area contributed by atoms with Gasteiger partial charge in [0, 0.05) is 25.7 Å². The van der Waals surface area contributed by atoms with Gasteiger partial charge in [-0.05, 0) is 31.0 Å². The number of rotatable bonds is 6. The molecule has 18 heavy (non-hydrogen) atoms. The van der Waals surface area contributed by atoms with Crippen molar-refractivity contribution in [1.29, 1.82) is 0 Å². The summed E-state index contributed by atoms with van der Waals surface area (Å²) in [7, 11) is 2.01. The Bertz CT molecular complexity index is 536. The third-order valence-corrected chi connectivity index (χ3v) is 2.98. The van der Waals surface area contributed by atoms with Crippen molar-refractivity contribution in [3.05, 3.63) is 24.5 Å². The Hall–Kier alpha value is -2.04. The molecule has 0 spiro atoms. The van der Waals surface area contributed by atoms with Crippen LogP contribution >= 0.6 is 0 Å². The average Bonchev–Trinajstić information content (AvgIpc) is 2.81. The van der Waals surface area contributed by atoms with Crippen molar-refractivity contribution in [2.45, 2.75) is 19.3 Å². The van der Waals surface area contributed by atoms with E-state index in [9.17, 15) is 4.79 Å². The van der Waals surface area contributed by atoms with E-state index in [0.717, 1.165) is 29.7 Å². The summed E-state index contributed by atoms with van der Waals surface area (Å²) in [6, 6.07) is 6.06. The normalized spacial score (nSPS) is 10.7. The van der Waals surface area contributed by atoms with Gasteiger partial charge in [0.1, 0.15) is 0 Å². The second-order valence-electron chi connectivity index (χ2n) is 4.38. The van der Waals surface area contributed by atoms with E-state index >= 15 is 0 Å². The maximum Gasteiger partial charge on any atom is 0.303 e. The molecule has 96 valence electrons. The summed E-state index contributed by atoms with van der Waals surface area (Å²) in [5.74, 6) is -0.725. The van der Waals surface area contributed by atoms with Gasteiger partial charge in [0.05, 0.1) is 17.4 Å². The van der Waals surface area contributed by atoms with Gasteiger partial charge in [0.2, 0.25) is 0 Å². The zero-order valence-corrected chi connectivity index (χ0v) is 10.4. The van der Waals surface area contributed by atoms with Crippen LogP contribution in [0.4, 0.5) is 5.69 Å². The first kappa shape index (κ1) is 12.4. The monoisotopic (exact) mass is 247 g/mol. The van der Waals surface area contributed by atoms with Gasteiger partial charge in [-0.3, -0.25) is 4.79 Å². The van der Waals surface area contributed by atoms with Crippen LogP contribution in [0, 0.1) is 0 Å². The number of hydrogen-bond acceptors (Lipinski definition) is 3. The second kappa shape index (κ2) is 5.53. The zero-order valence-electron chi connectivity index (χ0n) is 10.4. The third-order valence-electron chi connectivity index (χ3n) is 2.98. The van der Waals surface area contributed by atoms with E-state index in [1.807, 2.05) is 19.2 Å². The van der Waals surface area contributed by atoms with Crippen LogP contribution in [0.1, 0.15) is 19.3 Å². The SMILES string of the molecule is CN(CCCCC(=O)O)c1ccc2nc[nH]c2c1. The van der Waals surface area contributed by atoms with E-state index in [1.54, 1.807) is 6.33 Å². The molecule has 2 aromatic rings. The summed E-state index contributed by atoms with van der Waals surface area (Å²) in [6.07, 6.45) is 3.52. The van der Waals surface area contributed by atoms with Gasteiger partial charge in [0.25, 0.3) is 0 Å². The molecule has 5 heteroatoms. The van der Waals surface area contributed by atoms with Crippen molar-refractivity contribution in [2.75, 3.05) is 18.5 Å². The number of H-pyrrole nitrogens is 1. The topological polar surface area (TPSA) is 69.2 Å². The van der Waals surface area contributed by atoms with Crippen molar-refractivity contribution in [1.82, 2.24) is 9.97 Å². The van der Waals surface area contributed by atoms with Gasteiger partial charge in [-0.25, -0.2) is 4.98 Å². The number of aromatic amines is 1. The number of benzene rings is 1. The molecule has 0 atom stereocenters. The van der Waals surface area contributed by atoms with Gasteiger partial charge in [0.15, 0.2) is 0 Å². The molecule has 0 saturated heterocycles. The number of carboxylic acids is 1. The molecule has 0 bridgehead atoms. The number of carboxylic acid groups (broad SMARTS) is 1. The molecule has 1 heterocycles. The minimum absolute atomic E-state index is 0.243. The van der Waals surface area contributed by atoms with Gasteiger partial charge in [-0.2, -0.15) is 0 Å². The highest BCUT2D eigenvalue weighted by Crippen LogP contribution is 2.19. The Balaban J connectivity index is 1.91. The molecule has 1 aromatic heterocycles. The van der Waals surface area contributed by atoms with Crippen LogP contribution in [-0.2, 0) is 4.79 Å². The number of unbranched alkanes of at least 4 members (excludes halogenated alkanes) is 1. The number of anilines is 1. The maximum absolute atomic E-state index is 10.4. The smallest absolute Gasteiger partial charge is 0.303 e. The van der Waals surface area contributed by atoms with Crippen LogP contribution in [0.25, 0.3) is 11.0 Å². The molecule has 0 aliphatic carbocycles. The number of imidazole rings is 1. The van der Waals surface area contributed by atoms with Crippen molar-refractivity contribution in [3.63, 3.8) is 0 Å². The van der Waals surface area contributed by atoms with Crippen LogP contribution in [0.5, 0.6) is 0 Å². The van der Waals surface area contributed by atoms with Gasteiger partial charge >= 0.3 is 5.97 Å². The summed E-state index contributed by atoms with van der Waals surface area (Å²) in [5.41, 5.74) is 3.09. The lowest BCUT2D eigenvalue weighted by molar-refractivity contribution is -0.137. The number of nitrogens with one attached hydrogen (secondary N) is 1. The summed E-state index contributed by atoms with van der Waals surface area (Å²) < 4.78 is 0. The molecular weight excluding hydrogens is 230 g/mol. The van der Waals surface area contributed by atoms with E-state index < -0.39 is 5.97 Å². The predicted octanol–water partition coefficient (Wildman–Crippen LogP) is 2.25. The highest BCUT2D eigenvalue weighted by molar-refractivity contribution is 5.78. The quantitative estimate of drug-likeness (QED) is 0.768. The molecule has 0 saturated carbocycles. The highest BCUT2D eigenvalue weighted by Gasteiger charge is 2.04. The first-order valence-corrected chi connectivity index (χ1v) is 6.03. The molecule has 2 rings (SSSR count). The minimum Gasteiger partial charge on any atom is -0.481 e. The molecule has 0 aliphatic rings. The number of aliphatic carboxylic acids is 1. The Morgan fingerprint density at radius 2 is 2.28 bits per heavy atom. The van der Waals surface area contributed by atoms with Crippen LogP contribution in [0.3, 0.4) is 0 Å². The van der Waals surface area contributed by atoms with E-state index in [-0.39, 0.29) is 6.42 Å². The Morgan fingerprint density at radius 3 is 3.06 bits per heavy atom. The molecule has 2 N–H and O–H groups in total. The van der Waals surface area contributed by atoms with Crippen LogP contribution < -0.4 is 4.90 Å². The summed E-state index contributed by atoms with van der Waals surface area (Å²) in [4.78, 5) is 19.8. The molecule has 0 fully saturated rings. The van der Waals surface area contributed by atoms with Gasteiger partial charge in [-0.15, -0.1) is 0 Å². The summed E-state index contributed by atoms with van der Waals surface area (Å²) in [5, 5.41) is 8.57. The van der Waals surface area contributed by atoms with Gasteiger partial charge < -0.3 is 15.0 Å². The number of carbonyl (C=O) groups is 1. The van der Waals surface area contributed by atoms with Crippen LogP contribution in [-0.4, -0.2) is 34.6 Å². The fraction of sp³-hybridized carbons (Fsp3) is 0.385. The van der Waals surface area contributed by atoms with E-state index in [0.29, 0.717) is 6.42 Å². The first-order chi connectivity index (χ1) is 8.66. The minimum atomic E-state index is -0.725. The Morgan fingerprint density at radius 1 is 1.44 bits per heavy atom. The van der Waals surface area contributed by atoms with Crippen molar-refractivity contribution < 1.29 is 9.90 Å². The van der Waals surface area contributed by atoms with E-state index in [2.05, 4.69) is 20.9 Å². The molecule has 0 aliphatic heterocycles. The van der Waals surface area contributed by atoms with Crippen LogP contribution in [0.15, 0.2) is 24.5 Å². The van der Waals surface area contributed by atoms with Gasteiger partial charge in [-0.1, -0.05) is 0 Å². The lowest BCUT2D eigenvalue weighted by atomic mass is 10.2. The average molecular weight is 247 g/mol. The summed E-state index contributed by atoms with van der Waals surface area (Å²) >= 11 is 0. The molecule has 0 amide bonds. The zero-order chi connectivity index (χ0) is 13.0. The fourth-order valence-corrected chi connectivity index (χ4v) is 1.92. The fourth-order valence-electron chi connectivity index (χ4n) is 1.92. The number of fused-ring (bicyclic) bond motifs is 1. The predicted molar refractivity (Wildman–Crippen MR) is 70.9 cm³/mol. The van der Waals surface area contributed by atoms with Crippen molar-refractivity contribution in [3.8, 4) is 0 Å². The molecule has 0 radical (unpaired) electrons. The standard InChI is InChI=1S/C13H17N3O2/c1-16(7-3-2-4-13(17)18)10-5-6-11-12(8-10)15-9-14-11/h5-6,8-9H,2-4,7H2,1H3,(H,14,15)(H,17,18). The Kier molecular flexibility index (Phi) is 3.82. The number of hydrogen-bond donors (Lipinski definition) is 2. The third kappa shape index (κ3) is 3.00. The number of aromatic nitrogens is 2. The Labute approximate surface area is 105 Å². The molecule has 0 unspecified atom stereocenters. The maximum atomic E-state index is 10.4. The van der Waals surface area contributed by atoms with Crippen LogP contribution in [0.2, 0.25) is 0 Å². The largest absolute Gasteiger partial charge is 0.481 e.